The highest BCUT2D eigenvalue weighted by molar-refractivity contribution is 6.30. The van der Waals surface area contributed by atoms with E-state index in [1.807, 2.05) is 0 Å². The van der Waals surface area contributed by atoms with Gasteiger partial charge in [-0.1, -0.05) is 11.6 Å². The number of methoxy groups -OCH3 is 1. The number of benzene rings is 1. The van der Waals surface area contributed by atoms with Gasteiger partial charge in [-0.2, -0.15) is 5.10 Å². The number of aromatic carboxylic acids is 1. The summed E-state index contributed by atoms with van der Waals surface area (Å²) in [6.07, 6.45) is 1.18. The Morgan fingerprint density at radius 3 is 2.83 bits per heavy atom. The molecule has 1 aromatic heterocycles. The van der Waals surface area contributed by atoms with E-state index in [4.69, 9.17) is 27.2 Å². The minimum Gasteiger partial charge on any atom is -0.494 e. The Bertz CT molecular complexity index is 610. The molecule has 1 heterocycles. The number of nitrogens with zero attached hydrogens (tertiary/aromatic N) is 2. The van der Waals surface area contributed by atoms with Gasteiger partial charge in [-0.3, -0.25) is 0 Å². The van der Waals surface area contributed by atoms with E-state index in [-0.39, 0.29) is 11.4 Å². The van der Waals surface area contributed by atoms with Crippen molar-refractivity contribution in [1.82, 2.24) is 9.78 Å². The first kappa shape index (κ1) is 12.3. The molecular formula is C11H10ClN3O3. The Morgan fingerprint density at radius 2 is 2.28 bits per heavy atom. The lowest BCUT2D eigenvalue weighted by Gasteiger charge is -2.10. The predicted molar refractivity (Wildman–Crippen MR) is 66.5 cm³/mol. The van der Waals surface area contributed by atoms with E-state index >= 15 is 0 Å². The van der Waals surface area contributed by atoms with Crippen molar-refractivity contribution < 1.29 is 14.6 Å². The molecule has 0 aliphatic rings. The summed E-state index contributed by atoms with van der Waals surface area (Å²) in [7, 11) is 1.49. The molecule has 0 aliphatic heterocycles. The quantitative estimate of drug-likeness (QED) is 0.885. The molecule has 0 atom stereocenters. The Balaban J connectivity index is 2.61. The van der Waals surface area contributed by atoms with Gasteiger partial charge in [-0.15, -0.1) is 0 Å². The van der Waals surface area contributed by atoms with Gasteiger partial charge in [0.25, 0.3) is 0 Å². The van der Waals surface area contributed by atoms with Gasteiger partial charge in [0.1, 0.15) is 22.8 Å². The Labute approximate surface area is 108 Å². The van der Waals surface area contributed by atoms with Crippen LogP contribution in [-0.2, 0) is 0 Å². The van der Waals surface area contributed by atoms with Crippen molar-refractivity contribution >= 4 is 23.4 Å². The van der Waals surface area contributed by atoms with E-state index in [9.17, 15) is 4.79 Å². The van der Waals surface area contributed by atoms with Crippen LogP contribution >= 0.6 is 11.6 Å². The Kier molecular flexibility index (Phi) is 3.12. The summed E-state index contributed by atoms with van der Waals surface area (Å²) in [5.74, 6) is -0.631. The zero-order valence-corrected chi connectivity index (χ0v) is 10.2. The summed E-state index contributed by atoms with van der Waals surface area (Å²) in [6, 6.07) is 4.90. The van der Waals surface area contributed by atoms with Crippen LogP contribution < -0.4 is 10.5 Å². The first-order valence-corrected chi connectivity index (χ1v) is 5.33. The van der Waals surface area contributed by atoms with Crippen LogP contribution in [-0.4, -0.2) is 28.0 Å². The first-order chi connectivity index (χ1) is 8.54. The number of halogens is 1. The van der Waals surface area contributed by atoms with E-state index in [0.717, 1.165) is 0 Å². The molecule has 94 valence electrons. The SMILES string of the molecule is COc1ccc(Cl)cc1-n1ncc(C(=O)O)c1N. The predicted octanol–water partition coefficient (Wildman–Crippen LogP) is 1.81. The molecule has 0 amide bonds. The maximum atomic E-state index is 10.9. The number of nitrogens with two attached hydrogens (primary N) is 1. The van der Waals surface area contributed by atoms with Crippen molar-refractivity contribution in [2.75, 3.05) is 12.8 Å². The lowest BCUT2D eigenvalue weighted by molar-refractivity contribution is 0.0698. The average molecular weight is 268 g/mol. The van der Waals surface area contributed by atoms with Gasteiger partial charge in [0.05, 0.1) is 13.3 Å². The number of ether oxygens (including phenoxy) is 1. The minimum absolute atomic E-state index is 0.0167. The van der Waals surface area contributed by atoms with E-state index in [1.165, 1.54) is 18.0 Å². The first-order valence-electron chi connectivity index (χ1n) is 4.95. The van der Waals surface area contributed by atoms with Crippen molar-refractivity contribution in [3.63, 3.8) is 0 Å². The molecule has 0 unspecified atom stereocenters. The third-order valence-corrected chi connectivity index (χ3v) is 2.64. The van der Waals surface area contributed by atoms with Crippen molar-refractivity contribution in [1.29, 1.82) is 0 Å². The minimum atomic E-state index is -1.14. The second-order valence-corrected chi connectivity index (χ2v) is 3.91. The van der Waals surface area contributed by atoms with E-state index in [1.54, 1.807) is 18.2 Å². The van der Waals surface area contributed by atoms with Crippen LogP contribution in [0.2, 0.25) is 5.02 Å². The number of anilines is 1. The number of hydrogen-bond acceptors (Lipinski definition) is 4. The topological polar surface area (TPSA) is 90.4 Å². The molecule has 0 saturated heterocycles. The average Bonchev–Trinajstić information content (AvgIpc) is 2.71. The number of aromatic nitrogens is 2. The summed E-state index contributed by atoms with van der Waals surface area (Å²) < 4.78 is 6.43. The highest BCUT2D eigenvalue weighted by Crippen LogP contribution is 2.28. The Hall–Kier alpha value is -2.21. The smallest absolute Gasteiger partial charge is 0.341 e. The number of nitrogen functional groups attached to an aromatic ring is 1. The number of carbonyl (C=O) groups is 1. The molecule has 0 saturated carbocycles. The molecule has 2 aromatic rings. The lowest BCUT2D eigenvalue weighted by Crippen LogP contribution is -2.07. The zero-order chi connectivity index (χ0) is 13.3. The number of carboxylic acids is 1. The molecule has 0 spiro atoms. The highest BCUT2D eigenvalue weighted by Gasteiger charge is 2.17. The zero-order valence-electron chi connectivity index (χ0n) is 9.42. The third-order valence-electron chi connectivity index (χ3n) is 2.41. The van der Waals surface area contributed by atoms with Crippen molar-refractivity contribution in [2.45, 2.75) is 0 Å². The molecule has 7 heteroatoms. The van der Waals surface area contributed by atoms with Crippen LogP contribution in [0.1, 0.15) is 10.4 Å². The molecule has 2 rings (SSSR count). The summed E-state index contributed by atoms with van der Waals surface area (Å²) in [5, 5.41) is 13.3. The van der Waals surface area contributed by atoms with Gasteiger partial charge >= 0.3 is 5.97 Å². The van der Waals surface area contributed by atoms with Crippen molar-refractivity contribution in [2.24, 2.45) is 0 Å². The lowest BCUT2D eigenvalue weighted by atomic mass is 10.3. The second kappa shape index (κ2) is 4.58. The summed E-state index contributed by atoms with van der Waals surface area (Å²) in [6.45, 7) is 0. The molecule has 0 radical (unpaired) electrons. The molecule has 0 aliphatic carbocycles. The monoisotopic (exact) mass is 267 g/mol. The molecular weight excluding hydrogens is 258 g/mol. The van der Waals surface area contributed by atoms with Crippen LogP contribution in [0.15, 0.2) is 24.4 Å². The fraction of sp³-hybridized carbons (Fsp3) is 0.0909. The van der Waals surface area contributed by atoms with E-state index in [2.05, 4.69) is 5.10 Å². The van der Waals surface area contributed by atoms with Crippen LogP contribution in [0.3, 0.4) is 0 Å². The Morgan fingerprint density at radius 1 is 1.56 bits per heavy atom. The van der Waals surface area contributed by atoms with Gasteiger partial charge in [0.15, 0.2) is 0 Å². The van der Waals surface area contributed by atoms with Gasteiger partial charge in [-0.25, -0.2) is 9.48 Å². The maximum absolute atomic E-state index is 10.9. The standard InChI is InChI=1S/C11H10ClN3O3/c1-18-9-3-2-6(12)4-8(9)15-10(13)7(5-14-15)11(16)17/h2-5H,13H2,1H3,(H,16,17). The number of rotatable bonds is 3. The van der Waals surface area contributed by atoms with Gasteiger partial charge in [-0.05, 0) is 18.2 Å². The molecule has 0 bridgehead atoms. The molecule has 3 N–H and O–H groups in total. The van der Waals surface area contributed by atoms with E-state index in [0.29, 0.717) is 16.5 Å². The molecule has 1 aromatic carbocycles. The van der Waals surface area contributed by atoms with Gasteiger partial charge < -0.3 is 15.6 Å². The summed E-state index contributed by atoms with van der Waals surface area (Å²) in [4.78, 5) is 10.9. The van der Waals surface area contributed by atoms with Crippen LogP contribution in [0.4, 0.5) is 5.82 Å². The fourth-order valence-corrected chi connectivity index (χ4v) is 1.71. The second-order valence-electron chi connectivity index (χ2n) is 3.48. The molecule has 6 nitrogen and oxygen atoms in total. The summed E-state index contributed by atoms with van der Waals surface area (Å²) in [5.41, 5.74) is 6.14. The van der Waals surface area contributed by atoms with Crippen molar-refractivity contribution in [3.8, 4) is 11.4 Å². The molecule has 18 heavy (non-hydrogen) atoms. The summed E-state index contributed by atoms with van der Waals surface area (Å²) >= 11 is 5.89. The third kappa shape index (κ3) is 1.98. The largest absolute Gasteiger partial charge is 0.494 e. The fourth-order valence-electron chi connectivity index (χ4n) is 1.54. The van der Waals surface area contributed by atoms with Crippen LogP contribution in [0.5, 0.6) is 5.75 Å². The highest BCUT2D eigenvalue weighted by atomic mass is 35.5. The number of carboxylic acid groups (broad SMARTS) is 1. The molecule has 0 fully saturated rings. The normalized spacial score (nSPS) is 10.3. The van der Waals surface area contributed by atoms with Gasteiger partial charge in [0.2, 0.25) is 0 Å². The van der Waals surface area contributed by atoms with Gasteiger partial charge in [0, 0.05) is 5.02 Å². The van der Waals surface area contributed by atoms with Crippen LogP contribution in [0.25, 0.3) is 5.69 Å². The van der Waals surface area contributed by atoms with Crippen molar-refractivity contribution in [3.05, 3.63) is 35.0 Å². The maximum Gasteiger partial charge on any atom is 0.341 e. The van der Waals surface area contributed by atoms with E-state index < -0.39 is 5.97 Å². The number of hydrogen-bond donors (Lipinski definition) is 2. The van der Waals surface area contributed by atoms with Crippen LogP contribution in [0, 0.1) is 0 Å².